The number of nitrogen functional groups attached to an aromatic ring is 1. The lowest BCUT2D eigenvalue weighted by Crippen LogP contribution is -2.34. The smallest absolute Gasteiger partial charge is 0.251 e. The highest BCUT2D eigenvalue weighted by Gasteiger charge is 2.45. The molecule has 0 atom stereocenters. The number of rotatable bonds is 4. The number of carbonyl (C=O) groups excluding carboxylic acids is 1. The average Bonchev–Trinajstić information content (AvgIpc) is 3.44. The first kappa shape index (κ1) is 17.2. The average molecular weight is 364 g/mol. The number of hydrogen-bond acceptors (Lipinski definition) is 2. The summed E-state index contributed by atoms with van der Waals surface area (Å²) in [7, 11) is 0. The highest BCUT2D eigenvalue weighted by Crippen LogP contribution is 2.45. The molecule has 0 unspecified atom stereocenters. The summed E-state index contributed by atoms with van der Waals surface area (Å²) in [4.78, 5) is 12.8. The molecule has 0 bridgehead atoms. The molecule has 0 spiro atoms. The fraction of sp³-hybridized carbons (Fsp3) is 0.136. The Bertz CT molecular complexity index is 994. The van der Waals surface area contributed by atoms with Crippen molar-refractivity contribution in [2.24, 2.45) is 0 Å². The highest BCUT2D eigenvalue weighted by molar-refractivity contribution is 5.96. The lowest BCUT2D eigenvalue weighted by molar-refractivity contribution is 0.0931. The topological polar surface area (TPSA) is 55.1 Å². The quantitative estimate of drug-likeness (QED) is 0.663. The van der Waals surface area contributed by atoms with Gasteiger partial charge >= 0.3 is 0 Å². The van der Waals surface area contributed by atoms with E-state index in [2.05, 4.69) is 5.32 Å². The van der Waals surface area contributed by atoms with Crippen LogP contribution in [0.25, 0.3) is 11.1 Å². The fourth-order valence-corrected chi connectivity index (χ4v) is 3.34. The van der Waals surface area contributed by atoms with E-state index in [1.165, 1.54) is 30.3 Å². The molecule has 0 aliphatic heterocycles. The van der Waals surface area contributed by atoms with Crippen LogP contribution in [0.3, 0.4) is 0 Å². The fourth-order valence-electron chi connectivity index (χ4n) is 3.34. The van der Waals surface area contributed by atoms with E-state index in [0.29, 0.717) is 0 Å². The van der Waals surface area contributed by atoms with Gasteiger partial charge in [-0.15, -0.1) is 0 Å². The zero-order valence-electron chi connectivity index (χ0n) is 14.5. The zero-order valence-corrected chi connectivity index (χ0v) is 14.5. The molecular weight excluding hydrogens is 346 g/mol. The maximum absolute atomic E-state index is 14.3. The summed E-state index contributed by atoms with van der Waals surface area (Å²) in [5, 5.41) is 3.04. The van der Waals surface area contributed by atoms with E-state index in [1.54, 1.807) is 0 Å². The van der Waals surface area contributed by atoms with Crippen molar-refractivity contribution in [3.8, 4) is 11.1 Å². The van der Waals surface area contributed by atoms with Crippen molar-refractivity contribution in [1.29, 1.82) is 0 Å². The molecule has 3 N–H and O–H groups in total. The van der Waals surface area contributed by atoms with Crippen LogP contribution in [0, 0.1) is 11.6 Å². The van der Waals surface area contributed by atoms with Crippen LogP contribution in [0.2, 0.25) is 0 Å². The summed E-state index contributed by atoms with van der Waals surface area (Å²) in [5.74, 6) is -1.59. The van der Waals surface area contributed by atoms with E-state index < -0.39 is 11.6 Å². The van der Waals surface area contributed by atoms with Crippen LogP contribution in [-0.2, 0) is 5.54 Å². The summed E-state index contributed by atoms with van der Waals surface area (Å²) in [6.45, 7) is 0. The van der Waals surface area contributed by atoms with Gasteiger partial charge in [-0.1, -0.05) is 36.4 Å². The molecule has 3 aromatic carbocycles. The van der Waals surface area contributed by atoms with E-state index in [-0.39, 0.29) is 33.8 Å². The number of halogens is 2. The van der Waals surface area contributed by atoms with Crippen molar-refractivity contribution in [1.82, 2.24) is 5.32 Å². The standard InChI is InChI=1S/C22H18F2N2O/c23-17-10-9-14(13-16(17)20-18(24)7-4-8-19(20)25)21(27)26-22(11-12-22)15-5-2-1-3-6-15/h1-10,13H,11-12,25H2,(H,26,27). The van der Waals surface area contributed by atoms with E-state index >= 15 is 0 Å². The first-order chi connectivity index (χ1) is 13.0. The van der Waals surface area contributed by atoms with Crippen LogP contribution in [-0.4, -0.2) is 5.91 Å². The second-order valence-corrected chi connectivity index (χ2v) is 6.80. The molecular formula is C22H18F2N2O. The lowest BCUT2D eigenvalue weighted by Gasteiger charge is -2.18. The van der Waals surface area contributed by atoms with Gasteiger partial charge < -0.3 is 11.1 Å². The predicted octanol–water partition coefficient (Wildman–Crippen LogP) is 4.63. The molecule has 0 heterocycles. The molecule has 1 saturated carbocycles. The number of nitrogens with two attached hydrogens (primary N) is 1. The molecule has 0 aromatic heterocycles. The summed E-state index contributed by atoms with van der Waals surface area (Å²) < 4.78 is 28.5. The highest BCUT2D eigenvalue weighted by atomic mass is 19.1. The summed E-state index contributed by atoms with van der Waals surface area (Å²) in [5.41, 5.74) is 6.81. The first-order valence-electron chi connectivity index (χ1n) is 8.72. The van der Waals surface area contributed by atoms with Crippen LogP contribution >= 0.6 is 0 Å². The van der Waals surface area contributed by atoms with E-state index in [4.69, 9.17) is 5.73 Å². The molecule has 27 heavy (non-hydrogen) atoms. The molecule has 4 rings (SSSR count). The third kappa shape index (κ3) is 3.16. The van der Waals surface area contributed by atoms with Gasteiger partial charge in [-0.3, -0.25) is 4.79 Å². The molecule has 0 saturated heterocycles. The van der Waals surface area contributed by atoms with E-state index in [1.807, 2.05) is 30.3 Å². The largest absolute Gasteiger partial charge is 0.398 e. The van der Waals surface area contributed by atoms with Gasteiger partial charge in [-0.2, -0.15) is 0 Å². The SMILES string of the molecule is Nc1cccc(F)c1-c1cc(C(=O)NC2(c3ccccc3)CC2)ccc1F. The molecule has 1 fully saturated rings. The molecule has 3 aromatic rings. The third-order valence-corrected chi connectivity index (χ3v) is 4.97. The van der Waals surface area contributed by atoms with Gasteiger partial charge in [0.05, 0.1) is 5.54 Å². The monoisotopic (exact) mass is 364 g/mol. The maximum Gasteiger partial charge on any atom is 0.251 e. The Hall–Kier alpha value is -3.21. The van der Waals surface area contributed by atoms with Crippen molar-refractivity contribution >= 4 is 11.6 Å². The van der Waals surface area contributed by atoms with Gasteiger partial charge in [-0.05, 0) is 48.7 Å². The normalized spacial score (nSPS) is 14.6. The third-order valence-electron chi connectivity index (χ3n) is 4.97. The number of amides is 1. The van der Waals surface area contributed by atoms with Gasteiger partial charge in [0, 0.05) is 22.4 Å². The Kier molecular flexibility index (Phi) is 4.15. The molecule has 3 nitrogen and oxygen atoms in total. The van der Waals surface area contributed by atoms with Crippen molar-refractivity contribution in [2.75, 3.05) is 5.73 Å². The summed E-state index contributed by atoms with van der Waals surface area (Å²) in [6, 6.07) is 17.8. The summed E-state index contributed by atoms with van der Waals surface area (Å²) in [6.07, 6.45) is 1.69. The minimum atomic E-state index is -0.632. The van der Waals surface area contributed by atoms with Gasteiger partial charge in [0.2, 0.25) is 0 Å². The van der Waals surface area contributed by atoms with Crippen molar-refractivity contribution in [3.05, 3.63) is 89.5 Å². The second-order valence-electron chi connectivity index (χ2n) is 6.80. The summed E-state index contributed by atoms with van der Waals surface area (Å²) >= 11 is 0. The van der Waals surface area contributed by atoms with Crippen molar-refractivity contribution in [3.63, 3.8) is 0 Å². The van der Waals surface area contributed by atoms with Crippen LogP contribution in [0.1, 0.15) is 28.8 Å². The zero-order chi connectivity index (χ0) is 19.0. The van der Waals surface area contributed by atoms with Crippen LogP contribution in [0.5, 0.6) is 0 Å². The second kappa shape index (κ2) is 6.50. The van der Waals surface area contributed by atoms with E-state index in [0.717, 1.165) is 24.5 Å². The molecule has 1 amide bonds. The lowest BCUT2D eigenvalue weighted by atomic mass is 9.99. The maximum atomic E-state index is 14.3. The Morgan fingerprint density at radius 2 is 1.67 bits per heavy atom. The number of nitrogens with one attached hydrogen (secondary N) is 1. The van der Waals surface area contributed by atoms with Gasteiger partial charge in [0.25, 0.3) is 5.91 Å². The molecule has 1 aliphatic carbocycles. The first-order valence-corrected chi connectivity index (χ1v) is 8.72. The Morgan fingerprint density at radius 3 is 2.33 bits per heavy atom. The molecule has 1 aliphatic rings. The molecule has 136 valence electrons. The van der Waals surface area contributed by atoms with Gasteiger partial charge in [0.1, 0.15) is 11.6 Å². The van der Waals surface area contributed by atoms with Crippen LogP contribution < -0.4 is 11.1 Å². The Labute approximate surface area is 155 Å². The number of hydrogen-bond donors (Lipinski definition) is 2. The predicted molar refractivity (Wildman–Crippen MR) is 101 cm³/mol. The Balaban J connectivity index is 1.67. The molecule has 0 radical (unpaired) electrons. The Morgan fingerprint density at radius 1 is 0.926 bits per heavy atom. The van der Waals surface area contributed by atoms with Crippen LogP contribution in [0.15, 0.2) is 66.7 Å². The van der Waals surface area contributed by atoms with E-state index in [9.17, 15) is 13.6 Å². The minimum Gasteiger partial charge on any atom is -0.398 e. The van der Waals surface area contributed by atoms with Crippen molar-refractivity contribution in [2.45, 2.75) is 18.4 Å². The number of benzene rings is 3. The molecule has 5 heteroatoms. The number of anilines is 1. The van der Waals surface area contributed by atoms with Gasteiger partial charge in [-0.25, -0.2) is 8.78 Å². The minimum absolute atomic E-state index is 0.0252. The van der Waals surface area contributed by atoms with Crippen molar-refractivity contribution < 1.29 is 13.6 Å². The van der Waals surface area contributed by atoms with Gasteiger partial charge in [0.15, 0.2) is 0 Å². The number of carbonyl (C=O) groups is 1. The van der Waals surface area contributed by atoms with Crippen LogP contribution in [0.4, 0.5) is 14.5 Å².